The molecule has 54 valence electrons. The minimum atomic E-state index is 0.166. The zero-order chi connectivity index (χ0) is 6.81. The molecule has 0 bridgehead atoms. The summed E-state index contributed by atoms with van der Waals surface area (Å²) in [6.07, 6.45) is 9.51. The van der Waals surface area contributed by atoms with E-state index < -0.39 is 0 Å². The van der Waals surface area contributed by atoms with Crippen LogP contribution in [-0.4, -0.2) is 12.7 Å². The third-order valence-corrected chi connectivity index (χ3v) is 1.91. The lowest BCUT2D eigenvalue weighted by molar-refractivity contribution is -0.342. The van der Waals surface area contributed by atoms with Crippen molar-refractivity contribution in [1.82, 2.24) is 0 Å². The summed E-state index contributed by atoms with van der Waals surface area (Å²) < 4.78 is 0. The second-order valence-corrected chi connectivity index (χ2v) is 2.61. The highest BCUT2D eigenvalue weighted by Crippen LogP contribution is 2.23. The van der Waals surface area contributed by atoms with E-state index >= 15 is 0 Å². The molecule has 1 heterocycles. The average molecular weight is 138 g/mol. The van der Waals surface area contributed by atoms with Gasteiger partial charge in [-0.15, -0.1) is 0 Å². The Labute approximate surface area is 60.1 Å². The first-order chi connectivity index (χ1) is 4.97. The van der Waals surface area contributed by atoms with Crippen molar-refractivity contribution in [3.63, 3.8) is 0 Å². The Morgan fingerprint density at radius 2 is 2.10 bits per heavy atom. The van der Waals surface area contributed by atoms with E-state index in [4.69, 9.17) is 9.78 Å². The maximum Gasteiger partial charge on any atom is 0.118 e. The molecule has 2 aliphatic rings. The zero-order valence-electron chi connectivity index (χ0n) is 5.69. The molecule has 0 spiro atoms. The summed E-state index contributed by atoms with van der Waals surface area (Å²) in [6.45, 7) is 0.722. The minimum Gasteiger partial charge on any atom is -0.236 e. The number of hydrogen-bond acceptors (Lipinski definition) is 2. The van der Waals surface area contributed by atoms with Crippen LogP contribution < -0.4 is 0 Å². The molecule has 1 aliphatic heterocycles. The number of hydrogen-bond donors (Lipinski definition) is 0. The Balaban J connectivity index is 2.09. The van der Waals surface area contributed by atoms with Crippen molar-refractivity contribution in [2.24, 2.45) is 5.92 Å². The smallest absolute Gasteiger partial charge is 0.118 e. The van der Waals surface area contributed by atoms with E-state index in [1.54, 1.807) is 0 Å². The van der Waals surface area contributed by atoms with Crippen molar-refractivity contribution in [1.29, 1.82) is 0 Å². The fourth-order valence-electron chi connectivity index (χ4n) is 1.31. The van der Waals surface area contributed by atoms with Crippen LogP contribution in [0.5, 0.6) is 0 Å². The molecule has 2 nitrogen and oxygen atoms in total. The van der Waals surface area contributed by atoms with Crippen LogP contribution in [-0.2, 0) is 9.78 Å². The Morgan fingerprint density at radius 3 is 3.00 bits per heavy atom. The third-order valence-electron chi connectivity index (χ3n) is 1.91. The monoisotopic (exact) mass is 138 g/mol. The van der Waals surface area contributed by atoms with Gasteiger partial charge in [0.15, 0.2) is 0 Å². The van der Waals surface area contributed by atoms with Crippen molar-refractivity contribution in [2.75, 3.05) is 6.61 Å². The van der Waals surface area contributed by atoms with Crippen LogP contribution in [0.3, 0.4) is 0 Å². The van der Waals surface area contributed by atoms with Gasteiger partial charge in [0.05, 0.1) is 6.61 Å². The summed E-state index contributed by atoms with van der Waals surface area (Å²) in [6, 6.07) is 0. The first-order valence-electron chi connectivity index (χ1n) is 3.60. The lowest BCUT2D eigenvalue weighted by atomic mass is 9.94. The van der Waals surface area contributed by atoms with E-state index in [1.807, 2.05) is 12.2 Å². The van der Waals surface area contributed by atoms with Crippen LogP contribution in [0.15, 0.2) is 24.3 Å². The fourth-order valence-corrected chi connectivity index (χ4v) is 1.31. The molecule has 0 saturated carbocycles. The Bertz CT molecular complexity index is 152. The van der Waals surface area contributed by atoms with Gasteiger partial charge < -0.3 is 0 Å². The molecule has 1 fully saturated rings. The molecule has 1 aliphatic carbocycles. The molecule has 0 N–H and O–H groups in total. The van der Waals surface area contributed by atoms with Crippen LogP contribution in [0, 0.1) is 5.92 Å². The fraction of sp³-hybridized carbons (Fsp3) is 0.500. The molecule has 1 saturated heterocycles. The van der Waals surface area contributed by atoms with Gasteiger partial charge in [-0.1, -0.05) is 24.3 Å². The standard InChI is InChI=1S/C8H10O2/c1-2-4-8-7(3-1)5-6-9-10-8/h1-4,7-8H,5-6H2. The molecule has 0 radical (unpaired) electrons. The summed E-state index contributed by atoms with van der Waals surface area (Å²) in [7, 11) is 0. The topological polar surface area (TPSA) is 18.5 Å². The molecule has 2 heteroatoms. The molecule has 2 atom stereocenters. The molecule has 10 heavy (non-hydrogen) atoms. The SMILES string of the molecule is C1=CC2CCOOC2C=C1. The second-order valence-electron chi connectivity index (χ2n) is 2.61. The van der Waals surface area contributed by atoms with Gasteiger partial charge in [0.1, 0.15) is 6.10 Å². The molecule has 0 aromatic rings. The largest absolute Gasteiger partial charge is 0.236 e. The molecular weight excluding hydrogens is 128 g/mol. The number of fused-ring (bicyclic) bond motifs is 1. The van der Waals surface area contributed by atoms with Gasteiger partial charge in [-0.25, -0.2) is 9.78 Å². The van der Waals surface area contributed by atoms with Crippen molar-refractivity contribution in [3.8, 4) is 0 Å². The second kappa shape index (κ2) is 2.56. The Kier molecular flexibility index (Phi) is 1.57. The Hall–Kier alpha value is -0.600. The lowest BCUT2D eigenvalue weighted by Crippen LogP contribution is -2.28. The van der Waals surface area contributed by atoms with Gasteiger partial charge in [-0.3, -0.25) is 0 Å². The zero-order valence-corrected chi connectivity index (χ0v) is 5.69. The molecule has 0 aromatic heterocycles. The average Bonchev–Trinajstić information content (AvgIpc) is 2.05. The number of rotatable bonds is 0. The van der Waals surface area contributed by atoms with Crippen molar-refractivity contribution < 1.29 is 9.78 Å². The molecule has 0 aromatic carbocycles. The normalized spacial score (nSPS) is 37.6. The van der Waals surface area contributed by atoms with Gasteiger partial charge in [0, 0.05) is 5.92 Å². The van der Waals surface area contributed by atoms with Crippen molar-refractivity contribution >= 4 is 0 Å². The van der Waals surface area contributed by atoms with Crippen molar-refractivity contribution in [2.45, 2.75) is 12.5 Å². The summed E-state index contributed by atoms with van der Waals surface area (Å²) in [5.41, 5.74) is 0. The summed E-state index contributed by atoms with van der Waals surface area (Å²) in [4.78, 5) is 9.90. The molecule has 2 unspecified atom stereocenters. The van der Waals surface area contributed by atoms with Crippen LogP contribution in [0.2, 0.25) is 0 Å². The first kappa shape index (κ1) is 6.13. The van der Waals surface area contributed by atoms with Crippen LogP contribution in [0.1, 0.15) is 6.42 Å². The number of allylic oxidation sites excluding steroid dienone is 2. The highest BCUT2D eigenvalue weighted by molar-refractivity contribution is 5.15. The van der Waals surface area contributed by atoms with E-state index in [-0.39, 0.29) is 6.10 Å². The highest BCUT2D eigenvalue weighted by Gasteiger charge is 2.23. The summed E-state index contributed by atoms with van der Waals surface area (Å²) in [5, 5.41) is 0. The molecule has 0 amide bonds. The van der Waals surface area contributed by atoms with E-state index in [0.717, 1.165) is 13.0 Å². The lowest BCUT2D eigenvalue weighted by Gasteiger charge is -2.27. The highest BCUT2D eigenvalue weighted by atomic mass is 17.2. The predicted molar refractivity (Wildman–Crippen MR) is 37.2 cm³/mol. The van der Waals surface area contributed by atoms with Gasteiger partial charge in [0.2, 0.25) is 0 Å². The van der Waals surface area contributed by atoms with Crippen LogP contribution >= 0.6 is 0 Å². The summed E-state index contributed by atoms with van der Waals surface area (Å²) >= 11 is 0. The quantitative estimate of drug-likeness (QED) is 0.472. The van der Waals surface area contributed by atoms with Gasteiger partial charge in [-0.05, 0) is 6.42 Å². The predicted octanol–water partition coefficient (Wildman–Crippen LogP) is 1.45. The maximum absolute atomic E-state index is 5.04. The van der Waals surface area contributed by atoms with Gasteiger partial charge >= 0.3 is 0 Å². The first-order valence-corrected chi connectivity index (χ1v) is 3.60. The molecule has 2 rings (SSSR count). The van der Waals surface area contributed by atoms with Crippen molar-refractivity contribution in [3.05, 3.63) is 24.3 Å². The van der Waals surface area contributed by atoms with E-state index in [0.29, 0.717) is 5.92 Å². The van der Waals surface area contributed by atoms with E-state index in [9.17, 15) is 0 Å². The minimum absolute atomic E-state index is 0.166. The van der Waals surface area contributed by atoms with E-state index in [1.165, 1.54) is 0 Å². The van der Waals surface area contributed by atoms with Crippen LogP contribution in [0.4, 0.5) is 0 Å². The van der Waals surface area contributed by atoms with E-state index in [2.05, 4.69) is 12.2 Å². The molecular formula is C8H10O2. The van der Waals surface area contributed by atoms with Gasteiger partial charge in [-0.2, -0.15) is 0 Å². The Morgan fingerprint density at radius 1 is 1.20 bits per heavy atom. The summed E-state index contributed by atoms with van der Waals surface area (Å²) in [5.74, 6) is 0.541. The van der Waals surface area contributed by atoms with Crippen LogP contribution in [0.25, 0.3) is 0 Å². The maximum atomic E-state index is 5.04. The van der Waals surface area contributed by atoms with Gasteiger partial charge in [0.25, 0.3) is 0 Å². The third kappa shape index (κ3) is 1.00.